The van der Waals surface area contributed by atoms with Gasteiger partial charge >= 0.3 is 0 Å². The van der Waals surface area contributed by atoms with Crippen molar-refractivity contribution in [2.75, 3.05) is 47.4 Å². The monoisotopic (exact) mass is 592 g/mol. The molecule has 0 unspecified atom stereocenters. The van der Waals surface area contributed by atoms with Gasteiger partial charge in [0.2, 0.25) is 5.75 Å². The Morgan fingerprint density at radius 1 is 0.800 bits per heavy atom. The van der Waals surface area contributed by atoms with Gasteiger partial charge in [0.25, 0.3) is 0 Å². The normalized spacial score (nSPS) is 17.6. The predicted molar refractivity (Wildman–Crippen MR) is 165 cm³/mol. The Labute approximate surface area is 246 Å². The Bertz CT molecular complexity index is 1090. The fourth-order valence-electron chi connectivity index (χ4n) is 4.47. The Morgan fingerprint density at radius 3 is 1.80 bits per heavy atom. The van der Waals surface area contributed by atoms with Crippen LogP contribution in [0.1, 0.15) is 70.3 Å². The van der Waals surface area contributed by atoms with Crippen LogP contribution in [0.5, 0.6) is 28.7 Å². The summed E-state index contributed by atoms with van der Waals surface area (Å²) in [7, 11) is 4.76. The van der Waals surface area contributed by atoms with E-state index in [9.17, 15) is 0 Å². The second-order valence-corrected chi connectivity index (χ2v) is 17.5. The molecule has 1 saturated heterocycles. The van der Waals surface area contributed by atoms with Crippen molar-refractivity contribution < 1.29 is 32.8 Å². The summed E-state index contributed by atoms with van der Waals surface area (Å²) in [4.78, 5) is 1.06. The lowest BCUT2D eigenvalue weighted by Gasteiger charge is -2.36. The van der Waals surface area contributed by atoms with E-state index < -0.39 is 8.32 Å². The van der Waals surface area contributed by atoms with Crippen molar-refractivity contribution in [3.63, 3.8) is 0 Å². The highest BCUT2D eigenvalue weighted by Crippen LogP contribution is 2.48. The van der Waals surface area contributed by atoms with E-state index in [2.05, 4.69) is 52.9 Å². The third-order valence-corrected chi connectivity index (χ3v) is 13.3. The highest BCUT2D eigenvalue weighted by atomic mass is 32.2. The molecule has 3 rings (SSSR count). The van der Waals surface area contributed by atoms with E-state index in [1.54, 1.807) is 40.2 Å². The van der Waals surface area contributed by atoms with E-state index in [0.717, 1.165) is 52.5 Å². The molecule has 0 amide bonds. The molecule has 0 saturated carbocycles. The van der Waals surface area contributed by atoms with Crippen LogP contribution in [0.2, 0.25) is 18.1 Å². The Morgan fingerprint density at radius 2 is 1.32 bits per heavy atom. The van der Waals surface area contributed by atoms with Crippen molar-refractivity contribution in [1.29, 1.82) is 0 Å². The zero-order chi connectivity index (χ0) is 29.5. The molecule has 2 aromatic rings. The van der Waals surface area contributed by atoms with Crippen molar-refractivity contribution in [3.8, 4) is 28.7 Å². The number of thioether (sulfide) groups is 1. The van der Waals surface area contributed by atoms with E-state index in [4.69, 9.17) is 32.8 Å². The first kappa shape index (κ1) is 32.4. The molecular weight excluding hydrogens is 544 g/mol. The number of ether oxygens (including phenoxy) is 6. The Kier molecular flexibility index (Phi) is 11.5. The van der Waals surface area contributed by atoms with Crippen LogP contribution in [0.4, 0.5) is 0 Å². The second kappa shape index (κ2) is 14.2. The fourth-order valence-corrected chi connectivity index (χ4v) is 6.56. The minimum atomic E-state index is -1.80. The van der Waals surface area contributed by atoms with Crippen LogP contribution >= 0.6 is 11.8 Å². The van der Waals surface area contributed by atoms with Crippen molar-refractivity contribution >= 4 is 20.1 Å². The molecule has 0 spiro atoms. The summed E-state index contributed by atoms with van der Waals surface area (Å²) in [6.07, 6.45) is 2.53. The van der Waals surface area contributed by atoms with Crippen LogP contribution in [0.3, 0.4) is 0 Å². The van der Waals surface area contributed by atoms with E-state index in [-0.39, 0.29) is 17.2 Å². The molecular formula is C31H48O7SSi. The minimum Gasteiger partial charge on any atom is -0.493 e. The minimum absolute atomic E-state index is 0.0685. The molecule has 9 heteroatoms. The molecule has 1 heterocycles. The van der Waals surface area contributed by atoms with E-state index in [0.29, 0.717) is 30.5 Å². The van der Waals surface area contributed by atoms with Gasteiger partial charge < -0.3 is 32.8 Å². The molecule has 40 heavy (non-hydrogen) atoms. The van der Waals surface area contributed by atoms with Gasteiger partial charge in [0.15, 0.2) is 31.3 Å². The van der Waals surface area contributed by atoms with Crippen LogP contribution in [0, 0.1) is 0 Å². The quantitative estimate of drug-likeness (QED) is 0.124. The first-order valence-electron chi connectivity index (χ1n) is 14.1. The lowest BCUT2D eigenvalue weighted by Crippen LogP contribution is -2.41. The second-order valence-electron chi connectivity index (χ2n) is 11.5. The van der Waals surface area contributed by atoms with Crippen LogP contribution in [-0.2, 0) is 9.16 Å². The average molecular weight is 593 g/mol. The van der Waals surface area contributed by atoms with Gasteiger partial charge in [-0.3, -0.25) is 0 Å². The summed E-state index contributed by atoms with van der Waals surface area (Å²) in [5.41, 5.74) is 2.09. The summed E-state index contributed by atoms with van der Waals surface area (Å²) < 4.78 is 41.7. The smallest absolute Gasteiger partial charge is 0.203 e. The van der Waals surface area contributed by atoms with Crippen LogP contribution in [0.25, 0.3) is 0 Å². The van der Waals surface area contributed by atoms with Gasteiger partial charge in [0.1, 0.15) is 0 Å². The van der Waals surface area contributed by atoms with E-state index in [1.165, 1.54) is 0 Å². The summed E-state index contributed by atoms with van der Waals surface area (Å²) >= 11 is 1.75. The first-order chi connectivity index (χ1) is 19.0. The molecule has 2 aromatic carbocycles. The largest absolute Gasteiger partial charge is 0.493 e. The van der Waals surface area contributed by atoms with E-state index in [1.807, 2.05) is 12.1 Å². The molecule has 0 aliphatic carbocycles. The predicted octanol–water partition coefficient (Wildman–Crippen LogP) is 8.22. The zero-order valence-electron chi connectivity index (χ0n) is 26.0. The SMILES string of the molecule is CCCOc1c(OC)cc([C@@H]2CC[C@@H](c3cc(OC)c(OC)c(OC)c3)O2)cc1SCCO[Si](C)(C)C(C)(C)C. The zero-order valence-corrected chi connectivity index (χ0v) is 27.8. The molecule has 7 nitrogen and oxygen atoms in total. The molecule has 0 bridgehead atoms. The van der Waals surface area contributed by atoms with Gasteiger partial charge in [-0.2, -0.15) is 0 Å². The summed E-state index contributed by atoms with van der Waals surface area (Å²) in [6, 6.07) is 8.21. The lowest BCUT2D eigenvalue weighted by molar-refractivity contribution is 0.0435. The maximum atomic E-state index is 6.61. The standard InChI is InChI=1S/C31H48O7SSi/c1-11-14-36-30-27(34-7)19-22(20-28(30)39-16-15-37-40(9,10)31(2,3)4)24-13-12-23(38-24)21-17-25(32-5)29(35-8)26(18-21)33-6/h17-20,23-24H,11-16H2,1-10H3/t23-,24-/m0/s1. The number of methoxy groups -OCH3 is 4. The molecule has 1 aliphatic heterocycles. The topological polar surface area (TPSA) is 64.6 Å². The maximum Gasteiger partial charge on any atom is 0.203 e. The Balaban J connectivity index is 1.83. The molecule has 0 N–H and O–H groups in total. The molecule has 0 aromatic heterocycles. The van der Waals surface area contributed by atoms with Gasteiger partial charge in [0, 0.05) is 12.4 Å². The van der Waals surface area contributed by atoms with Crippen LogP contribution < -0.4 is 23.7 Å². The van der Waals surface area contributed by atoms with Gasteiger partial charge in [-0.1, -0.05) is 27.7 Å². The van der Waals surface area contributed by atoms with Crippen molar-refractivity contribution in [2.45, 2.75) is 82.2 Å². The van der Waals surface area contributed by atoms with Gasteiger partial charge in [-0.25, -0.2) is 0 Å². The Hall–Kier alpha value is -2.07. The van der Waals surface area contributed by atoms with Crippen LogP contribution in [-0.4, -0.2) is 55.7 Å². The number of rotatable bonds is 14. The van der Waals surface area contributed by atoms with Crippen molar-refractivity contribution in [3.05, 3.63) is 35.4 Å². The lowest BCUT2D eigenvalue weighted by atomic mass is 10.0. The third kappa shape index (κ3) is 7.60. The summed E-state index contributed by atoms with van der Waals surface area (Å²) in [5.74, 6) is 4.20. The van der Waals surface area contributed by atoms with Crippen molar-refractivity contribution in [1.82, 2.24) is 0 Å². The maximum absolute atomic E-state index is 6.61. The summed E-state index contributed by atoms with van der Waals surface area (Å²) in [5, 5.41) is 0.185. The molecule has 224 valence electrons. The first-order valence-corrected chi connectivity index (χ1v) is 18.0. The third-order valence-electron chi connectivity index (χ3n) is 7.77. The van der Waals surface area contributed by atoms with Gasteiger partial charge in [-0.15, -0.1) is 11.8 Å². The number of hydrogen-bond acceptors (Lipinski definition) is 8. The fraction of sp³-hybridized carbons (Fsp3) is 0.613. The van der Waals surface area contributed by atoms with Gasteiger partial charge in [0.05, 0.1) is 52.1 Å². The van der Waals surface area contributed by atoms with E-state index >= 15 is 0 Å². The molecule has 2 atom stereocenters. The highest BCUT2D eigenvalue weighted by molar-refractivity contribution is 7.99. The number of hydrogen-bond donors (Lipinski definition) is 0. The highest BCUT2D eigenvalue weighted by Gasteiger charge is 2.37. The number of benzene rings is 2. The van der Waals surface area contributed by atoms with Gasteiger partial charge in [-0.05, 0) is 72.8 Å². The molecule has 0 radical (unpaired) electrons. The molecule has 1 aliphatic rings. The summed E-state index contributed by atoms with van der Waals surface area (Å²) in [6.45, 7) is 14.8. The van der Waals surface area contributed by atoms with Crippen LogP contribution in [0.15, 0.2) is 29.2 Å². The van der Waals surface area contributed by atoms with Crippen molar-refractivity contribution in [2.24, 2.45) is 0 Å². The molecule has 1 fully saturated rings. The average Bonchev–Trinajstić information content (AvgIpc) is 3.43.